The van der Waals surface area contributed by atoms with Crippen molar-refractivity contribution in [3.8, 4) is 0 Å². The van der Waals surface area contributed by atoms with E-state index in [1.165, 1.54) is 54.9 Å². The predicted molar refractivity (Wildman–Crippen MR) is 251 cm³/mol. The quantitative estimate of drug-likeness (QED) is 0.0511. The average molecular weight is 943 g/mol. The van der Waals surface area contributed by atoms with Gasteiger partial charge in [-0.2, -0.15) is 0 Å². The number of nitrogens with one attached hydrogen (secondary N) is 5. The number of hydrogen-bond acceptors (Lipinski definition) is 8. The molecule has 0 saturated carbocycles. The Hall–Kier alpha value is -6.91. The van der Waals surface area contributed by atoms with Crippen molar-refractivity contribution in [3.05, 3.63) is 175 Å². The number of aromatic nitrogens is 2. The summed E-state index contributed by atoms with van der Waals surface area (Å²) in [5.74, 6) is -1.33. The van der Waals surface area contributed by atoms with Gasteiger partial charge >= 0.3 is 0 Å². The fourth-order valence-electron chi connectivity index (χ4n) is 5.94. The molecule has 0 bridgehead atoms. The first kappa shape index (κ1) is 46.6. The zero-order valence-corrected chi connectivity index (χ0v) is 37.2. The van der Waals surface area contributed by atoms with Crippen molar-refractivity contribution in [2.24, 2.45) is 4.99 Å². The lowest BCUT2D eigenvalue weighted by atomic mass is 10.1. The Labute approximate surface area is 386 Å². The maximum Gasteiger partial charge on any atom is 0.258 e. The molecule has 4 aromatic carbocycles. The number of carbonyl (C=O) groups excluding carboxylic acids is 4. The van der Waals surface area contributed by atoms with Gasteiger partial charge in [0.15, 0.2) is 0 Å². The molecule has 6 aromatic rings. The van der Waals surface area contributed by atoms with Crippen LogP contribution < -0.4 is 21.3 Å². The summed E-state index contributed by atoms with van der Waals surface area (Å²) in [5.41, 5.74) is 2.23. The molecule has 7 rings (SSSR count). The second kappa shape index (κ2) is 21.0. The Bertz CT molecular complexity index is 2770. The number of anilines is 4. The Morgan fingerprint density at radius 3 is 1.48 bits per heavy atom. The number of hydrogen-bond donors (Lipinski definition) is 5. The van der Waals surface area contributed by atoms with Crippen molar-refractivity contribution in [2.45, 2.75) is 0 Å². The number of benzene rings is 4. The van der Waals surface area contributed by atoms with E-state index in [0.29, 0.717) is 37.7 Å². The van der Waals surface area contributed by atoms with E-state index in [4.69, 9.17) is 51.8 Å². The van der Waals surface area contributed by atoms with Crippen molar-refractivity contribution in [3.63, 3.8) is 0 Å². The number of amidine groups is 2. The van der Waals surface area contributed by atoms with Crippen molar-refractivity contribution < 1.29 is 23.6 Å². The Morgan fingerprint density at radius 1 is 0.594 bits per heavy atom. The first-order valence-corrected chi connectivity index (χ1v) is 20.6. The number of nitrogens with zero attached hydrogens (tertiary/aromatic N) is 5. The zero-order chi connectivity index (χ0) is 46.1. The van der Waals surface area contributed by atoms with Crippen LogP contribution in [0.3, 0.4) is 0 Å². The summed E-state index contributed by atoms with van der Waals surface area (Å²) < 4.78 is 14.6. The molecule has 19 heteroatoms. The smallest absolute Gasteiger partial charge is 0.258 e. The van der Waals surface area contributed by atoms with Crippen molar-refractivity contribution >= 4 is 105 Å². The molecule has 1 fully saturated rings. The minimum absolute atomic E-state index is 0.0722. The van der Waals surface area contributed by atoms with E-state index in [9.17, 15) is 23.6 Å². The normalized spacial score (nSPS) is 11.7. The van der Waals surface area contributed by atoms with Crippen molar-refractivity contribution in [2.75, 3.05) is 55.5 Å². The second-order valence-electron chi connectivity index (χ2n) is 14.0. The third-order valence-electron chi connectivity index (χ3n) is 9.18. The summed E-state index contributed by atoms with van der Waals surface area (Å²) in [7, 11) is 5.51. The number of carbonyl (C=O) groups is 4. The molecule has 0 aliphatic carbocycles. The van der Waals surface area contributed by atoms with Gasteiger partial charge in [0.1, 0.15) is 29.1 Å². The van der Waals surface area contributed by atoms with Crippen LogP contribution in [0.1, 0.15) is 52.6 Å². The van der Waals surface area contributed by atoms with Crippen LogP contribution in [0, 0.1) is 11.2 Å². The predicted octanol–water partition coefficient (Wildman–Crippen LogP) is 9.50. The molecule has 14 nitrogen and oxygen atoms in total. The maximum absolute atomic E-state index is 14.6. The Morgan fingerprint density at radius 2 is 1.05 bits per heavy atom. The van der Waals surface area contributed by atoms with Crippen LogP contribution in [0.15, 0.2) is 121 Å². The second-order valence-corrected chi connectivity index (χ2v) is 15.7. The third kappa shape index (κ3) is 12.2. The molecular weight excluding hydrogens is 905 g/mol. The van der Waals surface area contributed by atoms with Gasteiger partial charge in [0, 0.05) is 73.4 Å². The van der Waals surface area contributed by atoms with Gasteiger partial charge in [-0.05, 0) is 84.9 Å². The fourth-order valence-corrected chi connectivity index (χ4v) is 6.51. The van der Waals surface area contributed by atoms with Crippen LogP contribution in [0.25, 0.3) is 0 Å². The lowest BCUT2D eigenvalue weighted by molar-refractivity contribution is 0.101. The highest BCUT2D eigenvalue weighted by atomic mass is 35.5. The van der Waals surface area contributed by atoms with Crippen LogP contribution in [-0.2, 0) is 0 Å². The Kier molecular flexibility index (Phi) is 15.3. The number of amides is 4. The first-order chi connectivity index (χ1) is 30.6. The number of rotatable bonds is 10. The molecule has 0 unspecified atom stereocenters. The van der Waals surface area contributed by atoms with E-state index in [1.54, 1.807) is 54.4 Å². The molecule has 2 aromatic heterocycles. The molecule has 0 spiro atoms. The van der Waals surface area contributed by atoms with E-state index in [2.05, 4.69) is 36.2 Å². The van der Waals surface area contributed by atoms with Crippen LogP contribution in [0.5, 0.6) is 0 Å². The van der Waals surface area contributed by atoms with E-state index >= 15 is 0 Å². The summed E-state index contributed by atoms with van der Waals surface area (Å²) in [6.45, 7) is 1.52. The van der Waals surface area contributed by atoms with Gasteiger partial charge in [-0.15, -0.1) is 0 Å². The molecule has 5 N–H and O–H groups in total. The zero-order valence-electron chi connectivity index (χ0n) is 34.1. The monoisotopic (exact) mass is 940 g/mol. The summed E-state index contributed by atoms with van der Waals surface area (Å²) in [6.07, 6.45) is 2.80. The molecule has 0 radical (unpaired) electrons. The van der Waals surface area contributed by atoms with Gasteiger partial charge in [0.05, 0.1) is 38.1 Å². The lowest BCUT2D eigenvalue weighted by Gasteiger charge is -2.16. The molecule has 326 valence electrons. The first-order valence-electron chi connectivity index (χ1n) is 19.1. The van der Waals surface area contributed by atoms with Gasteiger partial charge in [0.2, 0.25) is 0 Å². The van der Waals surface area contributed by atoms with E-state index < -0.39 is 23.5 Å². The molecule has 1 aliphatic rings. The lowest BCUT2D eigenvalue weighted by Crippen LogP contribution is -2.23. The van der Waals surface area contributed by atoms with Gasteiger partial charge in [-0.3, -0.25) is 29.6 Å². The third-order valence-corrected chi connectivity index (χ3v) is 10.1. The largest absolute Gasteiger partial charge is 0.363 e. The number of aliphatic imine (C=N–C) groups is 1. The molecule has 4 amide bonds. The van der Waals surface area contributed by atoms with E-state index in [-0.39, 0.29) is 45.0 Å². The number of halogens is 5. The molecule has 1 saturated heterocycles. The summed E-state index contributed by atoms with van der Waals surface area (Å²) >= 11 is 23.7. The highest BCUT2D eigenvalue weighted by Crippen LogP contribution is 2.26. The topological polar surface area (TPSA) is 185 Å². The van der Waals surface area contributed by atoms with Crippen molar-refractivity contribution in [1.82, 2.24) is 19.8 Å². The van der Waals surface area contributed by atoms with Crippen LogP contribution in [-0.4, -0.2) is 89.3 Å². The average Bonchev–Trinajstić information content (AvgIpc) is 4.13. The maximum atomic E-state index is 14.6. The Balaban J connectivity index is 0.000000213. The van der Waals surface area contributed by atoms with Gasteiger partial charge < -0.3 is 31.1 Å². The minimum Gasteiger partial charge on any atom is -0.363 e. The van der Waals surface area contributed by atoms with E-state index in [1.807, 2.05) is 31.1 Å². The van der Waals surface area contributed by atoms with Gasteiger partial charge in [0.25, 0.3) is 23.6 Å². The molecule has 0 atom stereocenters. The van der Waals surface area contributed by atoms with Crippen LogP contribution in [0.4, 0.5) is 27.4 Å². The van der Waals surface area contributed by atoms with Crippen molar-refractivity contribution in [1.29, 1.82) is 5.41 Å². The van der Waals surface area contributed by atoms with E-state index in [0.717, 1.165) is 30.6 Å². The molecule has 64 heavy (non-hydrogen) atoms. The molecule has 3 heterocycles. The minimum atomic E-state index is -0.767. The molecule has 1 aliphatic heterocycles. The highest BCUT2D eigenvalue weighted by molar-refractivity contribution is 6.32. The molecular formula is C45H37Cl4FN10O4. The van der Waals surface area contributed by atoms with Gasteiger partial charge in [-0.1, -0.05) is 64.6 Å². The van der Waals surface area contributed by atoms with Gasteiger partial charge in [-0.25, -0.2) is 14.4 Å². The van der Waals surface area contributed by atoms with Crippen LogP contribution in [0.2, 0.25) is 20.1 Å². The summed E-state index contributed by atoms with van der Waals surface area (Å²) in [5, 5.41) is 20.1. The van der Waals surface area contributed by atoms with Crippen LogP contribution >= 0.6 is 46.4 Å². The SMILES string of the molecule is CN=C(c1ccc(C(=O)Nc2ccc(Cl)cc2C(=O)Nc2ccc(Cl)cn2)cc1)N(C)C.N=C(c1ccc(C(=O)Nc2ccc(Cl)cc2C(=O)Nc2ccc(Cl)cn2)c(F)c1)N1CC1. The standard InChI is InChI=1S/C23H21Cl2N5O2.C22H16Cl2FN5O2/c1-26-21(30(2)3)14-4-6-15(7-5-14)22(31)28-19-10-8-16(24)12-18(19)23(32)29-20-11-9-17(25)13-27-20;23-13-2-5-18(16(10-13)22(32)29-19-6-3-14(24)11-27-19)28-21(31)15-4-1-12(9-17(15)25)20(26)30-7-8-30/h4-13H,1-3H3,(H,28,31)(H,27,29,32);1-6,9-11,26H,7-8H2,(H,28,31)(H,27,29,32). The summed E-state index contributed by atoms with van der Waals surface area (Å²) in [4.78, 5) is 67.0. The highest BCUT2D eigenvalue weighted by Gasteiger charge is 2.24. The number of pyridine rings is 2. The summed E-state index contributed by atoms with van der Waals surface area (Å²) in [6, 6.07) is 26.3. The fraction of sp³-hybridized carbons (Fsp3) is 0.111.